The summed E-state index contributed by atoms with van der Waals surface area (Å²) in [5, 5.41) is 15.8. The molecule has 0 aliphatic heterocycles. The van der Waals surface area contributed by atoms with E-state index in [1.165, 1.54) is 28.7 Å². The van der Waals surface area contributed by atoms with Gasteiger partial charge in [-0.25, -0.2) is 4.98 Å². The van der Waals surface area contributed by atoms with Gasteiger partial charge in [-0.15, -0.1) is 21.5 Å². The molecule has 2 aromatic carbocycles. The van der Waals surface area contributed by atoms with Crippen LogP contribution in [-0.2, 0) is 12.2 Å². The average Bonchev–Trinajstić information content (AvgIpc) is 3.69. The Morgan fingerprint density at radius 2 is 2.00 bits per heavy atom. The molecule has 3 aromatic heterocycles. The quantitative estimate of drug-likeness (QED) is 0.184. The Labute approximate surface area is 234 Å². The molecule has 1 amide bonds. The van der Waals surface area contributed by atoms with E-state index in [0.29, 0.717) is 33.2 Å². The summed E-state index contributed by atoms with van der Waals surface area (Å²) in [6.45, 7) is 4.03. The lowest BCUT2D eigenvalue weighted by atomic mass is 10.1. The van der Waals surface area contributed by atoms with Gasteiger partial charge in [-0.05, 0) is 62.1 Å². The van der Waals surface area contributed by atoms with Crippen molar-refractivity contribution < 1.29 is 9.21 Å². The van der Waals surface area contributed by atoms with Crippen LogP contribution in [-0.4, -0.2) is 31.7 Å². The highest BCUT2D eigenvalue weighted by atomic mass is 35.5. The van der Waals surface area contributed by atoms with Gasteiger partial charge in [-0.2, -0.15) is 0 Å². The molecule has 1 N–H and O–H groups in total. The number of rotatable bonds is 10. The number of benzene rings is 2. The maximum absolute atomic E-state index is 12.8. The van der Waals surface area contributed by atoms with E-state index in [9.17, 15) is 4.79 Å². The van der Waals surface area contributed by atoms with Crippen LogP contribution in [0.5, 0.6) is 0 Å². The van der Waals surface area contributed by atoms with Crippen LogP contribution in [0.2, 0.25) is 5.02 Å². The van der Waals surface area contributed by atoms with Crippen LogP contribution in [0.4, 0.5) is 0 Å². The highest BCUT2D eigenvalue weighted by molar-refractivity contribution is 7.98. The number of hydrogen-bond acceptors (Lipinski definition) is 7. The number of aromatic nitrogens is 4. The predicted octanol–water partition coefficient (Wildman–Crippen LogP) is 6.99. The van der Waals surface area contributed by atoms with Crippen molar-refractivity contribution in [2.45, 2.75) is 43.6 Å². The lowest BCUT2D eigenvalue weighted by molar-refractivity contribution is 0.0934. The van der Waals surface area contributed by atoms with Crippen molar-refractivity contribution in [3.63, 3.8) is 0 Å². The maximum atomic E-state index is 12.8. The van der Waals surface area contributed by atoms with E-state index >= 15 is 0 Å². The maximum Gasteiger partial charge on any atom is 0.270 e. The molecule has 5 aromatic rings. The molecule has 10 heteroatoms. The first-order valence-electron chi connectivity index (χ1n) is 12.2. The monoisotopic (exact) mass is 563 g/mol. The molecule has 5 rings (SSSR count). The number of nitrogens with zero attached hydrogens (tertiary/aromatic N) is 4. The number of carbonyl (C=O) groups excluding carboxylic acids is 1. The van der Waals surface area contributed by atoms with Crippen molar-refractivity contribution in [1.82, 2.24) is 25.1 Å². The number of carbonyl (C=O) groups is 1. The molecule has 1 atom stereocenters. The Kier molecular flexibility index (Phi) is 8.26. The van der Waals surface area contributed by atoms with Crippen molar-refractivity contribution >= 4 is 40.6 Å². The molecule has 0 saturated carbocycles. The van der Waals surface area contributed by atoms with E-state index in [0.717, 1.165) is 29.1 Å². The van der Waals surface area contributed by atoms with E-state index in [-0.39, 0.29) is 11.9 Å². The van der Waals surface area contributed by atoms with Crippen LogP contribution in [0.1, 0.15) is 40.0 Å². The summed E-state index contributed by atoms with van der Waals surface area (Å²) in [6.07, 6.45) is 3.38. The first-order chi connectivity index (χ1) is 18.5. The molecule has 0 saturated heterocycles. The second-order valence-corrected chi connectivity index (χ2v) is 11.2. The lowest BCUT2D eigenvalue weighted by Crippen LogP contribution is -2.33. The molecule has 0 bridgehead atoms. The summed E-state index contributed by atoms with van der Waals surface area (Å²) < 4.78 is 7.56. The number of hydrogen-bond donors (Lipinski definition) is 1. The topological polar surface area (TPSA) is 85.8 Å². The van der Waals surface area contributed by atoms with E-state index < -0.39 is 0 Å². The summed E-state index contributed by atoms with van der Waals surface area (Å²) in [4.78, 5) is 17.4. The fourth-order valence-corrected chi connectivity index (χ4v) is 5.88. The number of halogens is 1. The second kappa shape index (κ2) is 12.0. The molecule has 0 aliphatic rings. The molecule has 0 spiro atoms. The number of thioether (sulfide) groups is 1. The first kappa shape index (κ1) is 26.2. The Balaban J connectivity index is 1.27. The zero-order valence-corrected chi connectivity index (χ0v) is 23.3. The molecule has 3 heterocycles. The molecule has 0 aliphatic carbocycles. The van der Waals surface area contributed by atoms with Gasteiger partial charge < -0.3 is 9.73 Å². The minimum atomic E-state index is -0.157. The second-order valence-electron chi connectivity index (χ2n) is 8.86. The van der Waals surface area contributed by atoms with Crippen LogP contribution >= 0.6 is 34.7 Å². The number of furan rings is 1. The first-order valence-corrected chi connectivity index (χ1v) is 14.4. The summed E-state index contributed by atoms with van der Waals surface area (Å²) in [5.41, 5.74) is 3.59. The number of amides is 1. The zero-order valence-electron chi connectivity index (χ0n) is 20.9. The van der Waals surface area contributed by atoms with Gasteiger partial charge in [0.15, 0.2) is 10.9 Å². The largest absolute Gasteiger partial charge is 0.461 e. The fourth-order valence-electron chi connectivity index (χ4n) is 3.97. The summed E-state index contributed by atoms with van der Waals surface area (Å²) in [7, 11) is 0. The SMILES string of the molecule is Cc1ccc(Cl)cc1-n1c(SCc2nc(C(=O)NC(C)CCc3ccccc3)cs2)nnc1-c1ccco1. The molecular formula is C28H26ClN5O2S2. The summed E-state index contributed by atoms with van der Waals surface area (Å²) in [5.74, 6) is 1.58. The van der Waals surface area contributed by atoms with Crippen LogP contribution in [0.25, 0.3) is 17.3 Å². The zero-order chi connectivity index (χ0) is 26.5. The molecule has 194 valence electrons. The van der Waals surface area contributed by atoms with Crippen molar-refractivity contribution in [3.05, 3.63) is 99.2 Å². The Hall–Kier alpha value is -3.40. The minimum Gasteiger partial charge on any atom is -0.461 e. The van der Waals surface area contributed by atoms with Crippen molar-refractivity contribution in [1.29, 1.82) is 0 Å². The highest BCUT2D eigenvalue weighted by Gasteiger charge is 2.21. The van der Waals surface area contributed by atoms with Crippen LogP contribution in [0, 0.1) is 6.92 Å². The van der Waals surface area contributed by atoms with Gasteiger partial charge in [0.05, 0.1) is 17.7 Å². The minimum absolute atomic E-state index is 0.0433. The van der Waals surface area contributed by atoms with E-state index in [1.807, 2.05) is 66.9 Å². The van der Waals surface area contributed by atoms with Gasteiger partial charge in [0.25, 0.3) is 5.91 Å². The highest BCUT2D eigenvalue weighted by Crippen LogP contribution is 2.32. The van der Waals surface area contributed by atoms with Crippen LogP contribution in [0.3, 0.4) is 0 Å². The lowest BCUT2D eigenvalue weighted by Gasteiger charge is -2.13. The van der Waals surface area contributed by atoms with Crippen LogP contribution in [0.15, 0.2) is 81.9 Å². The van der Waals surface area contributed by atoms with Crippen molar-refractivity contribution in [2.75, 3.05) is 0 Å². The van der Waals surface area contributed by atoms with Gasteiger partial charge in [0.1, 0.15) is 10.7 Å². The third-order valence-corrected chi connectivity index (χ3v) is 8.19. The molecular weight excluding hydrogens is 538 g/mol. The third-order valence-electron chi connectivity index (χ3n) is 5.98. The number of nitrogens with one attached hydrogen (secondary N) is 1. The summed E-state index contributed by atoms with van der Waals surface area (Å²) >= 11 is 9.27. The van der Waals surface area contributed by atoms with Gasteiger partial charge in [0.2, 0.25) is 5.82 Å². The average molecular weight is 564 g/mol. The fraction of sp³-hybridized carbons (Fsp3) is 0.214. The molecule has 38 heavy (non-hydrogen) atoms. The van der Waals surface area contributed by atoms with E-state index in [1.54, 1.807) is 11.6 Å². The van der Waals surface area contributed by atoms with Crippen molar-refractivity contribution in [3.8, 4) is 17.3 Å². The Morgan fingerprint density at radius 1 is 1.16 bits per heavy atom. The Morgan fingerprint density at radius 3 is 2.79 bits per heavy atom. The Bertz CT molecular complexity index is 1520. The van der Waals surface area contributed by atoms with Gasteiger partial charge >= 0.3 is 0 Å². The standard InChI is InChI=1S/C28H26ClN5O2S2/c1-18-10-13-21(29)15-23(18)34-26(24-9-6-14-36-24)32-33-28(34)38-17-25-31-22(16-37-25)27(35)30-19(2)11-12-20-7-4-3-5-8-20/h3-10,13-16,19H,11-12,17H2,1-2H3,(H,30,35). The van der Waals surface area contributed by atoms with Gasteiger partial charge in [0, 0.05) is 16.4 Å². The third kappa shape index (κ3) is 6.18. The smallest absolute Gasteiger partial charge is 0.270 e. The predicted molar refractivity (Wildman–Crippen MR) is 152 cm³/mol. The van der Waals surface area contributed by atoms with Gasteiger partial charge in [-0.1, -0.05) is 59.8 Å². The van der Waals surface area contributed by atoms with E-state index in [2.05, 4.69) is 32.6 Å². The summed E-state index contributed by atoms with van der Waals surface area (Å²) in [6, 6.07) is 19.7. The van der Waals surface area contributed by atoms with Crippen LogP contribution < -0.4 is 5.32 Å². The molecule has 0 fully saturated rings. The van der Waals surface area contributed by atoms with E-state index in [4.69, 9.17) is 16.0 Å². The number of thiazole rings is 1. The van der Waals surface area contributed by atoms with Crippen molar-refractivity contribution in [2.24, 2.45) is 0 Å². The molecule has 7 nitrogen and oxygen atoms in total. The van der Waals surface area contributed by atoms with Gasteiger partial charge in [-0.3, -0.25) is 9.36 Å². The number of aryl methyl sites for hydroxylation is 2. The molecule has 0 radical (unpaired) electrons. The molecule has 1 unspecified atom stereocenters. The normalized spacial score (nSPS) is 12.0.